The van der Waals surface area contributed by atoms with Gasteiger partial charge >= 0.3 is 0 Å². The lowest BCUT2D eigenvalue weighted by Crippen LogP contribution is -2.30. The average Bonchev–Trinajstić information content (AvgIpc) is 2.55. The molecule has 2 rings (SSSR count). The summed E-state index contributed by atoms with van der Waals surface area (Å²) in [6.07, 6.45) is 0.663. The van der Waals surface area contributed by atoms with Crippen LogP contribution in [0.25, 0.3) is 0 Å². The SMILES string of the molecule is CC(C)NS(=O)(=O)c1cccc(C(=O)NCCc2ccc(Cl)cc2)c1. The van der Waals surface area contributed by atoms with Crippen molar-refractivity contribution in [3.63, 3.8) is 0 Å². The number of halogens is 1. The van der Waals surface area contributed by atoms with Gasteiger partial charge in [0.05, 0.1) is 4.90 Å². The molecular formula is C18H21ClN2O3S. The van der Waals surface area contributed by atoms with Crippen molar-refractivity contribution in [3.8, 4) is 0 Å². The smallest absolute Gasteiger partial charge is 0.251 e. The zero-order valence-corrected chi connectivity index (χ0v) is 15.7. The Bertz CT molecular complexity index is 834. The highest BCUT2D eigenvalue weighted by molar-refractivity contribution is 7.89. The second kappa shape index (κ2) is 8.47. The fourth-order valence-electron chi connectivity index (χ4n) is 2.26. The van der Waals surface area contributed by atoms with Gasteiger partial charge in [-0.05, 0) is 56.2 Å². The third-order valence-electron chi connectivity index (χ3n) is 3.41. The molecule has 134 valence electrons. The molecule has 1 amide bonds. The summed E-state index contributed by atoms with van der Waals surface area (Å²) in [6, 6.07) is 13.2. The van der Waals surface area contributed by atoms with Crippen LogP contribution >= 0.6 is 11.6 Å². The van der Waals surface area contributed by atoms with Crippen molar-refractivity contribution >= 4 is 27.5 Å². The van der Waals surface area contributed by atoms with E-state index in [-0.39, 0.29) is 16.8 Å². The number of hydrogen-bond donors (Lipinski definition) is 2. The van der Waals surface area contributed by atoms with Gasteiger partial charge in [0.25, 0.3) is 5.91 Å². The summed E-state index contributed by atoms with van der Waals surface area (Å²) in [4.78, 5) is 12.3. The molecule has 0 atom stereocenters. The second-order valence-electron chi connectivity index (χ2n) is 5.94. The Kier molecular flexibility index (Phi) is 6.58. The Morgan fingerprint density at radius 1 is 1.12 bits per heavy atom. The summed E-state index contributed by atoms with van der Waals surface area (Å²) in [7, 11) is -3.63. The van der Waals surface area contributed by atoms with Gasteiger partial charge in [-0.15, -0.1) is 0 Å². The minimum atomic E-state index is -3.63. The lowest BCUT2D eigenvalue weighted by Gasteiger charge is -2.11. The molecule has 2 aromatic carbocycles. The van der Waals surface area contributed by atoms with E-state index < -0.39 is 10.0 Å². The number of hydrogen-bond acceptors (Lipinski definition) is 3. The van der Waals surface area contributed by atoms with Gasteiger partial charge in [-0.3, -0.25) is 4.79 Å². The summed E-state index contributed by atoms with van der Waals surface area (Å²) >= 11 is 5.84. The van der Waals surface area contributed by atoms with E-state index in [1.807, 2.05) is 12.1 Å². The van der Waals surface area contributed by atoms with Gasteiger partial charge in [0.1, 0.15) is 0 Å². The molecule has 0 saturated heterocycles. The number of sulfonamides is 1. The van der Waals surface area contributed by atoms with Crippen molar-refractivity contribution in [1.82, 2.24) is 10.0 Å². The highest BCUT2D eigenvalue weighted by Crippen LogP contribution is 2.13. The van der Waals surface area contributed by atoms with Crippen molar-refractivity contribution < 1.29 is 13.2 Å². The summed E-state index contributed by atoms with van der Waals surface area (Å²) in [5.41, 5.74) is 1.37. The molecule has 0 bridgehead atoms. The quantitative estimate of drug-likeness (QED) is 0.775. The third-order valence-corrected chi connectivity index (χ3v) is 5.32. The number of nitrogens with one attached hydrogen (secondary N) is 2. The summed E-state index contributed by atoms with van der Waals surface area (Å²) in [6.45, 7) is 3.93. The van der Waals surface area contributed by atoms with Crippen molar-refractivity contribution in [2.45, 2.75) is 31.2 Å². The molecule has 2 aromatic rings. The standard InChI is InChI=1S/C18H21ClN2O3S/c1-13(2)21-25(23,24)17-5-3-4-15(12-17)18(22)20-11-10-14-6-8-16(19)9-7-14/h3-9,12-13,21H,10-11H2,1-2H3,(H,20,22). The predicted molar refractivity (Wildman–Crippen MR) is 99.4 cm³/mol. The topological polar surface area (TPSA) is 75.3 Å². The number of benzene rings is 2. The molecule has 0 spiro atoms. The van der Waals surface area contributed by atoms with Crippen LogP contribution < -0.4 is 10.0 Å². The molecule has 0 saturated carbocycles. The van der Waals surface area contributed by atoms with E-state index >= 15 is 0 Å². The number of carbonyl (C=O) groups excluding carboxylic acids is 1. The van der Waals surface area contributed by atoms with Gasteiger partial charge in [0.2, 0.25) is 10.0 Å². The maximum Gasteiger partial charge on any atom is 0.251 e. The van der Waals surface area contributed by atoms with Crippen LogP contribution in [0.15, 0.2) is 53.4 Å². The molecule has 2 N–H and O–H groups in total. The molecule has 0 aliphatic heterocycles. The number of amides is 1. The fourth-order valence-corrected chi connectivity index (χ4v) is 3.68. The van der Waals surface area contributed by atoms with Gasteiger partial charge in [0, 0.05) is 23.2 Å². The normalized spacial score (nSPS) is 11.5. The van der Waals surface area contributed by atoms with Crippen molar-refractivity contribution in [3.05, 3.63) is 64.7 Å². The Morgan fingerprint density at radius 2 is 1.80 bits per heavy atom. The molecule has 7 heteroatoms. The van der Waals surface area contributed by atoms with E-state index in [9.17, 15) is 13.2 Å². The van der Waals surface area contributed by atoms with E-state index in [0.717, 1.165) is 5.56 Å². The van der Waals surface area contributed by atoms with E-state index in [2.05, 4.69) is 10.0 Å². The molecule has 0 fully saturated rings. The minimum absolute atomic E-state index is 0.0755. The first-order chi connectivity index (χ1) is 11.8. The molecular weight excluding hydrogens is 360 g/mol. The van der Waals surface area contributed by atoms with Gasteiger partial charge in [-0.2, -0.15) is 0 Å². The van der Waals surface area contributed by atoms with E-state index in [0.29, 0.717) is 23.6 Å². The first-order valence-electron chi connectivity index (χ1n) is 7.93. The molecule has 0 aromatic heterocycles. The molecule has 5 nitrogen and oxygen atoms in total. The van der Waals surface area contributed by atoms with Crippen LogP contribution in [0.4, 0.5) is 0 Å². The molecule has 0 aliphatic rings. The average molecular weight is 381 g/mol. The number of carbonyl (C=O) groups is 1. The van der Waals surface area contributed by atoms with Crippen molar-refractivity contribution in [1.29, 1.82) is 0 Å². The van der Waals surface area contributed by atoms with Crippen LogP contribution in [0.3, 0.4) is 0 Å². The molecule has 0 radical (unpaired) electrons. The Labute approximate surface area is 153 Å². The van der Waals surface area contributed by atoms with E-state index in [4.69, 9.17) is 11.6 Å². The lowest BCUT2D eigenvalue weighted by molar-refractivity contribution is 0.0954. The largest absolute Gasteiger partial charge is 0.352 e. The summed E-state index contributed by atoms with van der Waals surface area (Å²) in [5.74, 6) is -0.310. The van der Waals surface area contributed by atoms with Crippen LogP contribution in [-0.4, -0.2) is 26.9 Å². The zero-order valence-electron chi connectivity index (χ0n) is 14.1. The highest BCUT2D eigenvalue weighted by atomic mass is 35.5. The van der Waals surface area contributed by atoms with Crippen LogP contribution in [0.5, 0.6) is 0 Å². The Balaban J connectivity index is 2.00. The van der Waals surface area contributed by atoms with Crippen LogP contribution in [0.1, 0.15) is 29.8 Å². The Morgan fingerprint density at radius 3 is 2.44 bits per heavy atom. The van der Waals surface area contributed by atoms with Crippen molar-refractivity contribution in [2.75, 3.05) is 6.54 Å². The monoisotopic (exact) mass is 380 g/mol. The Hall–Kier alpha value is -1.89. The lowest BCUT2D eigenvalue weighted by atomic mass is 10.1. The van der Waals surface area contributed by atoms with Gasteiger partial charge in [-0.25, -0.2) is 13.1 Å². The van der Waals surface area contributed by atoms with Gasteiger partial charge < -0.3 is 5.32 Å². The minimum Gasteiger partial charge on any atom is -0.352 e. The van der Waals surface area contributed by atoms with E-state index in [1.165, 1.54) is 12.1 Å². The number of rotatable bonds is 7. The van der Waals surface area contributed by atoms with E-state index in [1.54, 1.807) is 38.1 Å². The van der Waals surface area contributed by atoms with Crippen LogP contribution in [-0.2, 0) is 16.4 Å². The fraction of sp³-hybridized carbons (Fsp3) is 0.278. The van der Waals surface area contributed by atoms with Crippen LogP contribution in [0.2, 0.25) is 5.02 Å². The summed E-state index contributed by atoms with van der Waals surface area (Å²) in [5, 5.41) is 3.46. The predicted octanol–water partition coefficient (Wildman–Crippen LogP) is 3.00. The zero-order chi connectivity index (χ0) is 18.4. The molecule has 0 aliphatic carbocycles. The second-order valence-corrected chi connectivity index (χ2v) is 8.09. The molecule has 0 heterocycles. The first-order valence-corrected chi connectivity index (χ1v) is 9.79. The third kappa shape index (κ3) is 5.85. The maximum absolute atomic E-state index is 12.2. The van der Waals surface area contributed by atoms with Gasteiger partial charge in [0.15, 0.2) is 0 Å². The summed E-state index contributed by atoms with van der Waals surface area (Å²) < 4.78 is 26.9. The maximum atomic E-state index is 12.2. The van der Waals surface area contributed by atoms with Crippen molar-refractivity contribution in [2.24, 2.45) is 0 Å². The van der Waals surface area contributed by atoms with Gasteiger partial charge in [-0.1, -0.05) is 29.8 Å². The van der Waals surface area contributed by atoms with Crippen LogP contribution in [0, 0.1) is 0 Å². The first kappa shape index (κ1) is 19.4. The molecule has 25 heavy (non-hydrogen) atoms. The highest BCUT2D eigenvalue weighted by Gasteiger charge is 2.17. The molecule has 0 unspecified atom stereocenters.